The van der Waals surface area contributed by atoms with E-state index in [1.807, 2.05) is 18.2 Å². The fourth-order valence-electron chi connectivity index (χ4n) is 2.10. The molecule has 0 aromatic heterocycles. The average molecular weight is 370 g/mol. The van der Waals surface area contributed by atoms with Gasteiger partial charge in [-0.3, -0.25) is 10.1 Å². The van der Waals surface area contributed by atoms with Gasteiger partial charge in [-0.25, -0.2) is 0 Å². The summed E-state index contributed by atoms with van der Waals surface area (Å²) in [7, 11) is 0. The number of anilines is 1. The van der Waals surface area contributed by atoms with E-state index in [2.05, 4.69) is 28.2 Å². The summed E-state index contributed by atoms with van der Waals surface area (Å²) in [5.74, 6) is 0. The monoisotopic (exact) mass is 368 g/mol. The number of nitro benzene ring substituents is 1. The van der Waals surface area contributed by atoms with Crippen LogP contribution < -0.4 is 5.32 Å². The molecule has 0 bridgehead atoms. The van der Waals surface area contributed by atoms with Crippen LogP contribution >= 0.6 is 27.5 Å². The van der Waals surface area contributed by atoms with Crippen molar-refractivity contribution in [2.45, 2.75) is 19.9 Å². The minimum Gasteiger partial charge on any atom is -0.380 e. The third-order valence-electron chi connectivity index (χ3n) is 3.19. The summed E-state index contributed by atoms with van der Waals surface area (Å²) in [4.78, 5) is 10.7. The smallest absolute Gasteiger partial charge is 0.275 e. The van der Waals surface area contributed by atoms with Crippen LogP contribution in [0.5, 0.6) is 0 Å². The Balaban J connectivity index is 2.27. The number of nitro groups is 1. The summed E-state index contributed by atoms with van der Waals surface area (Å²) < 4.78 is 1.01. The van der Waals surface area contributed by atoms with E-state index in [-0.39, 0.29) is 5.69 Å². The van der Waals surface area contributed by atoms with Crippen molar-refractivity contribution in [3.8, 4) is 0 Å². The highest BCUT2D eigenvalue weighted by atomic mass is 79.9. The predicted octanol–water partition coefficient (Wildman–Crippen LogP) is 5.19. The molecule has 110 valence electrons. The van der Waals surface area contributed by atoms with E-state index in [0.717, 1.165) is 22.1 Å². The third-order valence-corrected chi connectivity index (χ3v) is 4.04. The number of hydrogen-bond donors (Lipinski definition) is 1. The summed E-state index contributed by atoms with van der Waals surface area (Å²) in [5, 5.41) is 14.7. The topological polar surface area (TPSA) is 55.2 Å². The SMILES string of the molecule is CCc1cc(Br)ccc1NCc1c(Cl)cccc1[N+](=O)[O-]. The highest BCUT2D eigenvalue weighted by Gasteiger charge is 2.16. The maximum Gasteiger partial charge on any atom is 0.275 e. The van der Waals surface area contributed by atoms with Crippen LogP contribution in [0, 0.1) is 10.1 Å². The van der Waals surface area contributed by atoms with Crippen LogP contribution in [0.15, 0.2) is 40.9 Å². The summed E-state index contributed by atoms with van der Waals surface area (Å²) in [6, 6.07) is 10.6. The second-order valence-electron chi connectivity index (χ2n) is 4.50. The Morgan fingerprint density at radius 1 is 1.33 bits per heavy atom. The third kappa shape index (κ3) is 3.74. The van der Waals surface area contributed by atoms with Crippen LogP contribution in [0.25, 0.3) is 0 Å². The zero-order chi connectivity index (χ0) is 15.4. The Labute approximate surface area is 136 Å². The van der Waals surface area contributed by atoms with Gasteiger partial charge in [0, 0.05) is 22.8 Å². The Kier molecular flexibility index (Phi) is 5.20. The Morgan fingerprint density at radius 3 is 2.76 bits per heavy atom. The van der Waals surface area contributed by atoms with Crippen LogP contribution in [0.1, 0.15) is 18.1 Å². The molecule has 2 rings (SSSR count). The van der Waals surface area contributed by atoms with Crippen LogP contribution in [-0.2, 0) is 13.0 Å². The lowest BCUT2D eigenvalue weighted by Gasteiger charge is -2.12. The molecule has 21 heavy (non-hydrogen) atoms. The van der Waals surface area contributed by atoms with Crippen molar-refractivity contribution in [2.75, 3.05) is 5.32 Å². The minimum absolute atomic E-state index is 0.0326. The predicted molar refractivity (Wildman–Crippen MR) is 89.0 cm³/mol. The second-order valence-corrected chi connectivity index (χ2v) is 5.83. The highest BCUT2D eigenvalue weighted by Crippen LogP contribution is 2.28. The van der Waals surface area contributed by atoms with Gasteiger partial charge in [0.05, 0.1) is 15.5 Å². The minimum atomic E-state index is -0.412. The molecule has 0 aliphatic rings. The molecule has 0 radical (unpaired) electrons. The number of benzene rings is 2. The van der Waals surface area contributed by atoms with Gasteiger partial charge in [0.15, 0.2) is 0 Å². The van der Waals surface area contributed by atoms with Crippen molar-refractivity contribution < 1.29 is 4.92 Å². The van der Waals surface area contributed by atoms with Gasteiger partial charge in [-0.1, -0.05) is 40.5 Å². The fourth-order valence-corrected chi connectivity index (χ4v) is 2.75. The number of nitrogens with zero attached hydrogens (tertiary/aromatic N) is 1. The van der Waals surface area contributed by atoms with Crippen LogP contribution in [0.3, 0.4) is 0 Å². The summed E-state index contributed by atoms with van der Waals surface area (Å²) >= 11 is 9.52. The molecule has 1 N–H and O–H groups in total. The molecule has 0 saturated carbocycles. The number of nitrogens with one attached hydrogen (secondary N) is 1. The molecule has 0 heterocycles. The van der Waals surface area contributed by atoms with Gasteiger partial charge in [0.1, 0.15) is 0 Å². The van der Waals surface area contributed by atoms with Gasteiger partial charge in [0.25, 0.3) is 5.69 Å². The van der Waals surface area contributed by atoms with Crippen molar-refractivity contribution in [2.24, 2.45) is 0 Å². The van der Waals surface area contributed by atoms with Gasteiger partial charge in [-0.2, -0.15) is 0 Å². The molecule has 0 saturated heterocycles. The number of rotatable bonds is 5. The molecule has 4 nitrogen and oxygen atoms in total. The highest BCUT2D eigenvalue weighted by molar-refractivity contribution is 9.10. The average Bonchev–Trinajstić information content (AvgIpc) is 2.46. The molecule has 0 aliphatic carbocycles. The van der Waals surface area contributed by atoms with Crippen molar-refractivity contribution in [1.29, 1.82) is 0 Å². The van der Waals surface area contributed by atoms with Crippen molar-refractivity contribution >= 4 is 38.9 Å². The first-order valence-electron chi connectivity index (χ1n) is 6.47. The molecular formula is C15H14BrClN2O2. The quantitative estimate of drug-likeness (QED) is 0.583. The zero-order valence-electron chi connectivity index (χ0n) is 11.4. The number of aryl methyl sites for hydroxylation is 1. The summed E-state index contributed by atoms with van der Waals surface area (Å²) in [6.45, 7) is 2.37. The lowest BCUT2D eigenvalue weighted by molar-refractivity contribution is -0.385. The summed E-state index contributed by atoms with van der Waals surface area (Å²) in [5.41, 5.74) is 2.62. The molecule has 2 aromatic carbocycles. The maximum absolute atomic E-state index is 11.1. The first-order chi connectivity index (χ1) is 10.0. The molecule has 2 aromatic rings. The van der Waals surface area contributed by atoms with Crippen LogP contribution in [0.4, 0.5) is 11.4 Å². The van der Waals surface area contributed by atoms with E-state index in [4.69, 9.17) is 11.6 Å². The molecule has 0 fully saturated rings. The van der Waals surface area contributed by atoms with E-state index < -0.39 is 4.92 Å². The van der Waals surface area contributed by atoms with E-state index in [0.29, 0.717) is 17.1 Å². The van der Waals surface area contributed by atoms with E-state index in [1.54, 1.807) is 12.1 Å². The molecular weight excluding hydrogens is 356 g/mol. The number of halogens is 2. The Bertz CT molecular complexity index is 677. The first-order valence-corrected chi connectivity index (χ1v) is 7.64. The van der Waals surface area contributed by atoms with Crippen molar-refractivity contribution in [1.82, 2.24) is 0 Å². The largest absolute Gasteiger partial charge is 0.380 e. The Hall–Kier alpha value is -1.59. The maximum atomic E-state index is 11.1. The molecule has 6 heteroatoms. The van der Waals surface area contributed by atoms with Gasteiger partial charge in [0.2, 0.25) is 0 Å². The molecule has 0 amide bonds. The van der Waals surface area contributed by atoms with Gasteiger partial charge < -0.3 is 5.32 Å². The van der Waals surface area contributed by atoms with Crippen molar-refractivity contribution in [3.05, 3.63) is 67.1 Å². The van der Waals surface area contributed by atoms with E-state index in [9.17, 15) is 10.1 Å². The van der Waals surface area contributed by atoms with Crippen molar-refractivity contribution in [3.63, 3.8) is 0 Å². The lowest BCUT2D eigenvalue weighted by atomic mass is 10.1. The lowest BCUT2D eigenvalue weighted by Crippen LogP contribution is -2.05. The van der Waals surface area contributed by atoms with Crippen LogP contribution in [0.2, 0.25) is 5.02 Å². The van der Waals surface area contributed by atoms with Gasteiger partial charge >= 0.3 is 0 Å². The zero-order valence-corrected chi connectivity index (χ0v) is 13.7. The van der Waals surface area contributed by atoms with Crippen LogP contribution in [-0.4, -0.2) is 4.92 Å². The first kappa shape index (κ1) is 15.8. The normalized spacial score (nSPS) is 10.4. The molecule has 0 atom stereocenters. The van der Waals surface area contributed by atoms with E-state index in [1.165, 1.54) is 6.07 Å². The van der Waals surface area contributed by atoms with Gasteiger partial charge in [-0.05, 0) is 36.2 Å². The number of hydrogen-bond acceptors (Lipinski definition) is 3. The Morgan fingerprint density at radius 2 is 2.10 bits per heavy atom. The summed E-state index contributed by atoms with van der Waals surface area (Å²) in [6.07, 6.45) is 0.867. The molecule has 0 aliphatic heterocycles. The second kappa shape index (κ2) is 6.91. The van der Waals surface area contributed by atoms with E-state index >= 15 is 0 Å². The standard InChI is InChI=1S/C15H14BrClN2O2/c1-2-10-8-11(16)6-7-14(10)18-9-12-13(17)4-3-5-15(12)19(20)21/h3-8,18H,2,9H2,1H3. The fraction of sp³-hybridized carbons (Fsp3) is 0.200. The van der Waals surface area contributed by atoms with Gasteiger partial charge in [-0.15, -0.1) is 0 Å². The molecule has 0 unspecified atom stereocenters. The molecule has 0 spiro atoms.